The molecule has 4 nitrogen and oxygen atoms in total. The van der Waals surface area contributed by atoms with Gasteiger partial charge in [-0.05, 0) is 27.7 Å². The van der Waals surface area contributed by atoms with Gasteiger partial charge in [0, 0.05) is 19.3 Å². The molecule has 0 aromatic carbocycles. The van der Waals surface area contributed by atoms with Gasteiger partial charge in [-0.15, -0.1) is 0 Å². The van der Waals surface area contributed by atoms with E-state index in [2.05, 4.69) is 0 Å². The fraction of sp³-hybridized carbons (Fsp3) is 0.857. The molecule has 0 radical (unpaired) electrons. The molecule has 0 heterocycles. The monoisotopic (exact) mass is 258 g/mol. The van der Waals surface area contributed by atoms with Gasteiger partial charge in [-0.1, -0.05) is 13.8 Å². The van der Waals surface area contributed by atoms with Gasteiger partial charge in [0.05, 0.1) is 6.61 Å². The van der Waals surface area contributed by atoms with Crippen molar-refractivity contribution in [1.82, 2.24) is 0 Å². The molecule has 106 valence electrons. The van der Waals surface area contributed by atoms with Crippen molar-refractivity contribution in [3.8, 4) is 0 Å². The first kappa shape index (κ1) is 17.1. The molecular weight excluding hydrogens is 232 g/mol. The molecule has 0 unspecified atom stereocenters. The maximum Gasteiger partial charge on any atom is 0.303 e. The molecular formula is C14H26O4. The minimum absolute atomic E-state index is 0.0542. The fourth-order valence-electron chi connectivity index (χ4n) is 1.76. The topological polar surface area (TPSA) is 52.6 Å². The Hall–Kier alpha value is -0.900. The van der Waals surface area contributed by atoms with E-state index in [1.807, 2.05) is 27.7 Å². The number of Topliss-reactive ketones (excluding diaryl/α,β-unsaturated/α-hetero) is 1. The summed E-state index contributed by atoms with van der Waals surface area (Å²) in [4.78, 5) is 22.8. The molecule has 0 aliphatic carbocycles. The van der Waals surface area contributed by atoms with Gasteiger partial charge >= 0.3 is 5.97 Å². The third-order valence-electron chi connectivity index (χ3n) is 2.70. The molecule has 0 aromatic heterocycles. The maximum atomic E-state index is 11.9. The molecule has 0 atom stereocenters. The van der Waals surface area contributed by atoms with Crippen LogP contribution in [0.2, 0.25) is 0 Å². The molecule has 4 heteroatoms. The van der Waals surface area contributed by atoms with E-state index < -0.39 is 11.2 Å². The highest BCUT2D eigenvalue weighted by Crippen LogP contribution is 2.20. The SMILES string of the molecule is CC(=O)OC(C)(C)CCOC(C)(C)C(=O)C(C)C. The molecule has 0 fully saturated rings. The van der Waals surface area contributed by atoms with Gasteiger partial charge in [-0.3, -0.25) is 9.59 Å². The van der Waals surface area contributed by atoms with Gasteiger partial charge in [-0.25, -0.2) is 0 Å². The van der Waals surface area contributed by atoms with E-state index in [0.717, 1.165) is 0 Å². The summed E-state index contributed by atoms with van der Waals surface area (Å²) in [6.45, 7) is 12.7. The van der Waals surface area contributed by atoms with Crippen molar-refractivity contribution in [2.75, 3.05) is 6.61 Å². The first-order valence-electron chi connectivity index (χ1n) is 6.36. The van der Waals surface area contributed by atoms with Crippen LogP contribution < -0.4 is 0 Å². The van der Waals surface area contributed by atoms with Gasteiger partial charge in [0.25, 0.3) is 0 Å². The van der Waals surface area contributed by atoms with Gasteiger partial charge in [0.2, 0.25) is 0 Å². The van der Waals surface area contributed by atoms with E-state index in [0.29, 0.717) is 13.0 Å². The molecule has 0 saturated carbocycles. The Balaban J connectivity index is 4.26. The Kier molecular flexibility index (Phi) is 6.00. The molecule has 0 aromatic rings. The van der Waals surface area contributed by atoms with Crippen LogP contribution in [0.5, 0.6) is 0 Å². The first-order valence-corrected chi connectivity index (χ1v) is 6.36. The summed E-state index contributed by atoms with van der Waals surface area (Å²) in [5.41, 5.74) is -1.36. The lowest BCUT2D eigenvalue weighted by atomic mass is 9.94. The molecule has 0 spiro atoms. The third-order valence-corrected chi connectivity index (χ3v) is 2.70. The number of carbonyl (C=O) groups is 2. The van der Waals surface area contributed by atoms with Crippen LogP contribution in [0.15, 0.2) is 0 Å². The van der Waals surface area contributed by atoms with Crippen molar-refractivity contribution in [3.05, 3.63) is 0 Å². The minimum Gasteiger partial charge on any atom is -0.460 e. The number of ether oxygens (including phenoxy) is 2. The number of carbonyl (C=O) groups excluding carboxylic acids is 2. The molecule has 0 bridgehead atoms. The van der Waals surface area contributed by atoms with Crippen LogP contribution in [0.25, 0.3) is 0 Å². The third kappa shape index (κ3) is 6.15. The lowest BCUT2D eigenvalue weighted by Gasteiger charge is -2.29. The van der Waals surface area contributed by atoms with Crippen LogP contribution in [-0.2, 0) is 19.1 Å². The minimum atomic E-state index is -0.791. The second-order valence-electron chi connectivity index (χ2n) is 5.98. The van der Waals surface area contributed by atoms with Crippen LogP contribution in [0.4, 0.5) is 0 Å². The number of rotatable bonds is 7. The quantitative estimate of drug-likeness (QED) is 0.659. The van der Waals surface area contributed by atoms with Crippen molar-refractivity contribution in [3.63, 3.8) is 0 Å². The second-order valence-corrected chi connectivity index (χ2v) is 5.98. The Morgan fingerprint density at radius 1 is 1.11 bits per heavy atom. The van der Waals surface area contributed by atoms with Crippen LogP contribution >= 0.6 is 0 Å². The zero-order valence-electron chi connectivity index (χ0n) is 12.6. The zero-order chi connectivity index (χ0) is 14.6. The molecule has 0 rings (SSSR count). The van der Waals surface area contributed by atoms with Crippen LogP contribution in [-0.4, -0.2) is 29.6 Å². The maximum absolute atomic E-state index is 11.9. The second kappa shape index (κ2) is 6.32. The smallest absolute Gasteiger partial charge is 0.303 e. The lowest BCUT2D eigenvalue weighted by molar-refractivity contribution is -0.158. The van der Waals surface area contributed by atoms with Crippen LogP contribution in [0.1, 0.15) is 54.9 Å². The largest absolute Gasteiger partial charge is 0.460 e. The summed E-state index contributed by atoms with van der Waals surface area (Å²) in [6.07, 6.45) is 0.557. The number of hydrogen-bond acceptors (Lipinski definition) is 4. The van der Waals surface area contributed by atoms with Crippen LogP contribution in [0.3, 0.4) is 0 Å². The van der Waals surface area contributed by atoms with E-state index >= 15 is 0 Å². The molecule has 0 aliphatic heterocycles. The highest BCUT2D eigenvalue weighted by atomic mass is 16.6. The van der Waals surface area contributed by atoms with Gasteiger partial charge < -0.3 is 9.47 Å². The summed E-state index contributed by atoms with van der Waals surface area (Å²) in [7, 11) is 0. The van der Waals surface area contributed by atoms with Gasteiger partial charge in [-0.2, -0.15) is 0 Å². The van der Waals surface area contributed by atoms with E-state index in [4.69, 9.17) is 9.47 Å². The summed E-state index contributed by atoms with van der Waals surface area (Å²) < 4.78 is 10.8. The Labute approximate surface area is 110 Å². The Bertz CT molecular complexity index is 303. The fourth-order valence-corrected chi connectivity index (χ4v) is 1.76. The standard InChI is InChI=1S/C14H26O4/c1-10(2)12(16)14(6,7)17-9-8-13(4,5)18-11(3)15/h10H,8-9H2,1-7H3. The van der Waals surface area contributed by atoms with E-state index in [1.165, 1.54) is 6.92 Å². The Morgan fingerprint density at radius 3 is 2.00 bits per heavy atom. The summed E-state index contributed by atoms with van der Waals surface area (Å²) in [5.74, 6) is -0.285. The van der Waals surface area contributed by atoms with Crippen molar-refractivity contribution in [1.29, 1.82) is 0 Å². The Morgan fingerprint density at radius 2 is 1.61 bits per heavy atom. The summed E-state index contributed by atoms with van der Waals surface area (Å²) >= 11 is 0. The highest BCUT2D eigenvalue weighted by Gasteiger charge is 2.31. The van der Waals surface area contributed by atoms with E-state index in [9.17, 15) is 9.59 Å². The molecule has 0 aliphatic rings. The predicted octanol–water partition coefficient (Wildman–Crippen LogP) is 2.74. The van der Waals surface area contributed by atoms with Crippen molar-refractivity contribution in [2.45, 2.75) is 66.1 Å². The first-order chi connectivity index (χ1) is 7.98. The summed E-state index contributed by atoms with van der Waals surface area (Å²) in [5, 5.41) is 0. The lowest BCUT2D eigenvalue weighted by Crippen LogP contribution is -2.39. The highest BCUT2D eigenvalue weighted by molar-refractivity contribution is 5.88. The number of hydrogen-bond donors (Lipinski definition) is 0. The average Bonchev–Trinajstić information content (AvgIpc) is 2.13. The zero-order valence-corrected chi connectivity index (χ0v) is 12.6. The van der Waals surface area contributed by atoms with Gasteiger partial charge in [0.1, 0.15) is 11.2 Å². The van der Waals surface area contributed by atoms with E-state index in [1.54, 1.807) is 13.8 Å². The average molecular weight is 258 g/mol. The van der Waals surface area contributed by atoms with Crippen molar-refractivity contribution < 1.29 is 19.1 Å². The molecule has 0 N–H and O–H groups in total. The molecule has 0 saturated heterocycles. The number of ketones is 1. The van der Waals surface area contributed by atoms with Gasteiger partial charge in [0.15, 0.2) is 5.78 Å². The van der Waals surface area contributed by atoms with E-state index in [-0.39, 0.29) is 17.7 Å². The van der Waals surface area contributed by atoms with Crippen LogP contribution in [0, 0.1) is 5.92 Å². The predicted molar refractivity (Wildman–Crippen MR) is 70.3 cm³/mol. The van der Waals surface area contributed by atoms with Crippen molar-refractivity contribution >= 4 is 11.8 Å². The normalized spacial score (nSPS) is 12.7. The molecule has 0 amide bonds. The molecule has 18 heavy (non-hydrogen) atoms. The summed E-state index contributed by atoms with van der Waals surface area (Å²) in [6, 6.07) is 0. The number of esters is 1. The van der Waals surface area contributed by atoms with Crippen molar-refractivity contribution in [2.24, 2.45) is 5.92 Å².